The SMILES string of the molecule is COC(=O)C1=C(C)N2CCC(Cl)CC2(C)C(C(=O)OC)C1c1ccccc1.Cl. The number of piperidine rings is 1. The number of ether oxygens (including phenoxy) is 2. The molecule has 154 valence electrons. The molecule has 7 heteroatoms. The molecule has 1 aromatic rings. The van der Waals surface area contributed by atoms with Crippen LogP contribution in [0, 0.1) is 5.92 Å². The Hall–Kier alpha value is -1.72. The zero-order chi connectivity index (χ0) is 19.8. The zero-order valence-corrected chi connectivity index (χ0v) is 18.2. The number of halogens is 2. The van der Waals surface area contributed by atoms with E-state index in [0.717, 1.165) is 17.7 Å². The summed E-state index contributed by atoms with van der Waals surface area (Å²) in [6.45, 7) is 4.67. The van der Waals surface area contributed by atoms with Gasteiger partial charge in [-0.3, -0.25) is 4.79 Å². The van der Waals surface area contributed by atoms with Crippen molar-refractivity contribution >= 4 is 35.9 Å². The average Bonchev–Trinajstić information content (AvgIpc) is 2.66. The van der Waals surface area contributed by atoms with Crippen molar-refractivity contribution in [3.05, 3.63) is 47.2 Å². The predicted molar refractivity (Wildman–Crippen MR) is 111 cm³/mol. The predicted octanol–water partition coefficient (Wildman–Crippen LogP) is 3.90. The molecule has 28 heavy (non-hydrogen) atoms. The Morgan fingerprint density at radius 1 is 1.18 bits per heavy atom. The first-order valence-corrected chi connectivity index (χ1v) is 9.62. The summed E-state index contributed by atoms with van der Waals surface area (Å²) in [6, 6.07) is 9.62. The van der Waals surface area contributed by atoms with Crippen molar-refractivity contribution in [2.75, 3.05) is 20.8 Å². The van der Waals surface area contributed by atoms with Crippen LogP contribution < -0.4 is 0 Å². The fourth-order valence-corrected chi connectivity index (χ4v) is 5.26. The molecule has 0 amide bonds. The van der Waals surface area contributed by atoms with Crippen LogP contribution in [0.5, 0.6) is 0 Å². The van der Waals surface area contributed by atoms with Crippen LogP contribution >= 0.6 is 24.0 Å². The molecule has 5 nitrogen and oxygen atoms in total. The van der Waals surface area contributed by atoms with Crippen molar-refractivity contribution in [3.63, 3.8) is 0 Å². The fraction of sp³-hybridized carbons (Fsp3) is 0.524. The number of hydrogen-bond acceptors (Lipinski definition) is 5. The topological polar surface area (TPSA) is 55.8 Å². The zero-order valence-electron chi connectivity index (χ0n) is 16.6. The van der Waals surface area contributed by atoms with Gasteiger partial charge in [0, 0.05) is 23.5 Å². The molecule has 1 aromatic carbocycles. The minimum Gasteiger partial charge on any atom is -0.469 e. The quantitative estimate of drug-likeness (QED) is 0.540. The summed E-state index contributed by atoms with van der Waals surface area (Å²) in [4.78, 5) is 27.9. The van der Waals surface area contributed by atoms with E-state index in [1.54, 1.807) is 0 Å². The number of alkyl halides is 1. The second-order valence-corrected chi connectivity index (χ2v) is 8.10. The van der Waals surface area contributed by atoms with E-state index >= 15 is 0 Å². The van der Waals surface area contributed by atoms with Gasteiger partial charge in [0.2, 0.25) is 0 Å². The maximum Gasteiger partial charge on any atom is 0.336 e. The summed E-state index contributed by atoms with van der Waals surface area (Å²) in [7, 11) is 2.76. The third kappa shape index (κ3) is 3.62. The summed E-state index contributed by atoms with van der Waals surface area (Å²) in [5, 5.41) is -0.0256. The van der Waals surface area contributed by atoms with Crippen molar-refractivity contribution in [2.24, 2.45) is 5.92 Å². The molecule has 0 aliphatic carbocycles. The molecule has 2 aliphatic rings. The second-order valence-electron chi connectivity index (χ2n) is 7.48. The molecule has 0 saturated carbocycles. The maximum atomic E-state index is 13.0. The molecule has 0 bridgehead atoms. The molecular formula is C21H27Cl2NO4. The van der Waals surface area contributed by atoms with Gasteiger partial charge in [0.05, 0.1) is 31.2 Å². The number of nitrogens with zero attached hydrogens (tertiary/aromatic N) is 1. The van der Waals surface area contributed by atoms with Gasteiger partial charge >= 0.3 is 11.9 Å². The number of allylic oxidation sites excluding steroid dienone is 1. The molecule has 0 N–H and O–H groups in total. The number of methoxy groups -OCH3 is 2. The van der Waals surface area contributed by atoms with Crippen molar-refractivity contribution < 1.29 is 19.1 Å². The highest BCUT2D eigenvalue weighted by molar-refractivity contribution is 6.20. The van der Waals surface area contributed by atoms with Crippen LogP contribution in [0.1, 0.15) is 38.2 Å². The van der Waals surface area contributed by atoms with Crippen LogP contribution in [0.15, 0.2) is 41.6 Å². The number of fused-ring (bicyclic) bond motifs is 1. The first kappa shape index (κ1) is 22.6. The highest BCUT2D eigenvalue weighted by atomic mass is 35.5. The molecular weight excluding hydrogens is 401 g/mol. The summed E-state index contributed by atoms with van der Waals surface area (Å²) in [5.41, 5.74) is 1.72. The van der Waals surface area contributed by atoms with E-state index in [1.807, 2.05) is 37.3 Å². The number of esters is 2. The van der Waals surface area contributed by atoms with E-state index in [1.165, 1.54) is 14.2 Å². The minimum atomic E-state index is -0.566. The number of rotatable bonds is 3. The number of hydrogen-bond donors (Lipinski definition) is 0. The van der Waals surface area contributed by atoms with Crippen molar-refractivity contribution in [3.8, 4) is 0 Å². The first-order valence-electron chi connectivity index (χ1n) is 9.18. The van der Waals surface area contributed by atoms with Crippen LogP contribution in [0.25, 0.3) is 0 Å². The Balaban J connectivity index is 0.00000280. The standard InChI is InChI=1S/C21H26ClNO4.ClH/c1-13-16(19(24)26-3)17(14-8-6-5-7-9-14)18(20(25)27-4)21(2)12-15(22)10-11-23(13)21;/h5-9,15,17-18H,10-12H2,1-4H3;1H. The second kappa shape index (κ2) is 8.75. The van der Waals surface area contributed by atoms with Gasteiger partial charge in [0.25, 0.3) is 0 Å². The van der Waals surface area contributed by atoms with Crippen LogP contribution in [0.4, 0.5) is 0 Å². The van der Waals surface area contributed by atoms with Crippen LogP contribution in [-0.4, -0.2) is 48.5 Å². The third-order valence-corrected chi connectivity index (χ3v) is 6.42. The normalized spacial score (nSPS) is 29.5. The molecule has 3 rings (SSSR count). The lowest BCUT2D eigenvalue weighted by Gasteiger charge is -2.56. The van der Waals surface area contributed by atoms with Gasteiger partial charge in [-0.1, -0.05) is 30.3 Å². The molecule has 0 spiro atoms. The molecule has 0 aromatic heterocycles. The number of carbonyl (C=O) groups is 2. The minimum absolute atomic E-state index is 0. The Morgan fingerprint density at radius 3 is 2.39 bits per heavy atom. The van der Waals surface area contributed by atoms with E-state index in [2.05, 4.69) is 11.8 Å². The molecule has 2 heterocycles. The average molecular weight is 428 g/mol. The smallest absolute Gasteiger partial charge is 0.336 e. The fourth-order valence-electron chi connectivity index (χ4n) is 4.85. The molecule has 1 fully saturated rings. The molecule has 2 aliphatic heterocycles. The highest BCUT2D eigenvalue weighted by Crippen LogP contribution is 2.52. The van der Waals surface area contributed by atoms with Gasteiger partial charge in [-0.05, 0) is 32.3 Å². The van der Waals surface area contributed by atoms with Gasteiger partial charge < -0.3 is 14.4 Å². The summed E-state index contributed by atoms with van der Waals surface area (Å²) in [5.74, 6) is -1.76. The summed E-state index contributed by atoms with van der Waals surface area (Å²) < 4.78 is 10.3. The van der Waals surface area contributed by atoms with Gasteiger partial charge in [-0.25, -0.2) is 4.79 Å². The number of carbonyl (C=O) groups excluding carboxylic acids is 2. The van der Waals surface area contributed by atoms with E-state index in [0.29, 0.717) is 18.5 Å². The van der Waals surface area contributed by atoms with E-state index in [9.17, 15) is 9.59 Å². The van der Waals surface area contributed by atoms with Crippen molar-refractivity contribution in [1.82, 2.24) is 4.90 Å². The first-order chi connectivity index (χ1) is 12.8. The van der Waals surface area contributed by atoms with Gasteiger partial charge in [-0.2, -0.15) is 0 Å². The van der Waals surface area contributed by atoms with Crippen LogP contribution in [-0.2, 0) is 19.1 Å². The number of benzene rings is 1. The van der Waals surface area contributed by atoms with Crippen LogP contribution in [0.3, 0.4) is 0 Å². The Bertz CT molecular complexity index is 767. The summed E-state index contributed by atoms with van der Waals surface area (Å²) >= 11 is 6.52. The summed E-state index contributed by atoms with van der Waals surface area (Å²) in [6.07, 6.45) is 1.44. The highest BCUT2D eigenvalue weighted by Gasteiger charge is 2.57. The monoisotopic (exact) mass is 427 g/mol. The maximum absolute atomic E-state index is 13.0. The van der Waals surface area contributed by atoms with Gasteiger partial charge in [0.1, 0.15) is 0 Å². The van der Waals surface area contributed by atoms with E-state index in [4.69, 9.17) is 21.1 Å². The van der Waals surface area contributed by atoms with Crippen molar-refractivity contribution in [1.29, 1.82) is 0 Å². The van der Waals surface area contributed by atoms with Crippen LogP contribution in [0.2, 0.25) is 0 Å². The van der Waals surface area contributed by atoms with Gasteiger partial charge in [0.15, 0.2) is 0 Å². The lowest BCUT2D eigenvalue weighted by atomic mass is 9.63. The van der Waals surface area contributed by atoms with E-state index in [-0.39, 0.29) is 23.8 Å². The molecule has 4 atom stereocenters. The largest absolute Gasteiger partial charge is 0.469 e. The third-order valence-electron chi connectivity index (χ3n) is 6.05. The Morgan fingerprint density at radius 2 is 1.82 bits per heavy atom. The molecule has 4 unspecified atom stereocenters. The lowest BCUT2D eigenvalue weighted by Crippen LogP contribution is -2.62. The van der Waals surface area contributed by atoms with Gasteiger partial charge in [-0.15, -0.1) is 24.0 Å². The lowest BCUT2D eigenvalue weighted by molar-refractivity contribution is -0.154. The Labute approximate surface area is 177 Å². The molecule has 0 radical (unpaired) electrons. The Kier molecular flexibility index (Phi) is 7.05. The van der Waals surface area contributed by atoms with E-state index < -0.39 is 23.3 Å². The molecule has 1 saturated heterocycles. The van der Waals surface area contributed by atoms with Crippen molar-refractivity contribution in [2.45, 2.75) is 43.5 Å².